The molecule has 2 N–H and O–H groups in total. The van der Waals surface area contributed by atoms with Crippen molar-refractivity contribution in [2.24, 2.45) is 5.41 Å². The highest BCUT2D eigenvalue weighted by Crippen LogP contribution is 2.34. The zero-order valence-electron chi connectivity index (χ0n) is 27.2. The minimum atomic E-state index is -0.930. The van der Waals surface area contributed by atoms with Gasteiger partial charge in [-0.25, -0.2) is 9.07 Å². The van der Waals surface area contributed by atoms with E-state index < -0.39 is 17.5 Å². The Morgan fingerprint density at radius 1 is 1.11 bits per heavy atom. The quantitative estimate of drug-likeness (QED) is 0.439. The third-order valence-corrected chi connectivity index (χ3v) is 9.43. The monoisotopic (exact) mass is 648 g/mol. The van der Waals surface area contributed by atoms with Crippen molar-refractivity contribution in [1.29, 1.82) is 0 Å². The number of piperidine rings is 2. The number of fused-ring (bicyclic) bond motifs is 2. The minimum absolute atomic E-state index is 0.0216. The molecule has 5 heterocycles. The number of halogens is 1. The Bertz CT molecular complexity index is 1670. The summed E-state index contributed by atoms with van der Waals surface area (Å²) in [5.41, 5.74) is 0.808. The number of carbonyl (C=O) groups is 4. The summed E-state index contributed by atoms with van der Waals surface area (Å²) in [6.07, 6.45) is 3.74. The van der Waals surface area contributed by atoms with Crippen LogP contribution in [0.3, 0.4) is 0 Å². The first-order valence-electron chi connectivity index (χ1n) is 16.1. The third kappa shape index (κ3) is 6.91. The fourth-order valence-corrected chi connectivity index (χ4v) is 6.85. The lowest BCUT2D eigenvalue weighted by atomic mass is 9.82. The standard InChI is InChI=1S/C33H41FN8O5/c1-20-29-26(47-38-20)18-35-30(45)25-15-23(42-19-24(37-39-42)21-5-7-22(34)8-6-21)9-12-41(25)28(44)17-33(36-31(29)46)10-13-40(14-11-33)27(43)16-32(2,3)4/h5-8,19,23,25H,9-18H2,1-4H3,(H,35,45)(H,36,46)/t23-,25-/m0/s1. The SMILES string of the molecule is Cc1noc2c1C(=O)NC1(CCN(C(=O)CC(C)(C)C)CC1)CC(=O)N1CC[C@H](n3cc(-c4ccc(F)cc4)nn3)C[C@H]1C(=O)NC2. The molecule has 2 saturated heterocycles. The Balaban J connectivity index is 1.26. The first-order valence-corrected chi connectivity index (χ1v) is 16.1. The van der Waals surface area contributed by atoms with Crippen molar-refractivity contribution < 1.29 is 28.1 Å². The highest BCUT2D eigenvalue weighted by molar-refractivity contribution is 5.97. The first kappa shape index (κ1) is 32.3. The van der Waals surface area contributed by atoms with Gasteiger partial charge in [-0.2, -0.15) is 0 Å². The summed E-state index contributed by atoms with van der Waals surface area (Å²) in [6, 6.07) is 4.94. The predicted octanol–water partition coefficient (Wildman–Crippen LogP) is 3.16. The van der Waals surface area contributed by atoms with Crippen LogP contribution in [-0.2, 0) is 20.9 Å². The average molecular weight is 649 g/mol. The summed E-state index contributed by atoms with van der Waals surface area (Å²) in [5, 5.41) is 18.6. The second kappa shape index (κ2) is 12.5. The molecule has 250 valence electrons. The van der Waals surface area contributed by atoms with Crippen molar-refractivity contribution in [1.82, 2.24) is 40.6 Å². The van der Waals surface area contributed by atoms with Gasteiger partial charge >= 0.3 is 0 Å². The second-order valence-corrected chi connectivity index (χ2v) is 14.2. The van der Waals surface area contributed by atoms with E-state index in [-0.39, 0.29) is 59.3 Å². The summed E-state index contributed by atoms with van der Waals surface area (Å²) in [6.45, 7) is 8.72. The Morgan fingerprint density at radius 3 is 2.53 bits per heavy atom. The molecule has 3 aromatic rings. The second-order valence-electron chi connectivity index (χ2n) is 14.2. The van der Waals surface area contributed by atoms with Crippen LogP contribution in [0.25, 0.3) is 11.3 Å². The van der Waals surface area contributed by atoms with Gasteiger partial charge in [0.1, 0.15) is 23.1 Å². The molecule has 47 heavy (non-hydrogen) atoms. The number of hydrogen-bond acceptors (Lipinski definition) is 8. The van der Waals surface area contributed by atoms with Crippen molar-refractivity contribution in [3.63, 3.8) is 0 Å². The van der Waals surface area contributed by atoms with Gasteiger partial charge in [0.15, 0.2) is 5.76 Å². The number of benzene rings is 1. The molecule has 0 aliphatic carbocycles. The summed E-state index contributed by atoms with van der Waals surface area (Å²) in [5.74, 6) is -1.11. The molecular formula is C33H41FN8O5. The number of aromatic nitrogens is 4. The van der Waals surface area contributed by atoms with Crippen LogP contribution in [0.4, 0.5) is 4.39 Å². The molecule has 0 radical (unpaired) electrons. The zero-order chi connectivity index (χ0) is 33.5. The van der Waals surface area contributed by atoms with Crippen molar-refractivity contribution in [2.75, 3.05) is 19.6 Å². The topological polar surface area (TPSA) is 156 Å². The van der Waals surface area contributed by atoms with Gasteiger partial charge in [0.2, 0.25) is 17.7 Å². The highest BCUT2D eigenvalue weighted by Gasteiger charge is 2.45. The van der Waals surface area contributed by atoms with E-state index in [0.29, 0.717) is 68.7 Å². The maximum atomic E-state index is 14.1. The summed E-state index contributed by atoms with van der Waals surface area (Å²) in [4.78, 5) is 58.0. The van der Waals surface area contributed by atoms with E-state index in [9.17, 15) is 23.6 Å². The Labute approximate surface area is 272 Å². The van der Waals surface area contributed by atoms with Crippen molar-refractivity contribution in [2.45, 2.75) is 90.4 Å². The molecule has 6 rings (SSSR count). The summed E-state index contributed by atoms with van der Waals surface area (Å²) < 4.78 is 20.6. The number of aryl methyl sites for hydroxylation is 1. The lowest BCUT2D eigenvalue weighted by Gasteiger charge is -2.45. The Hall–Kier alpha value is -4.62. The molecule has 1 spiro atoms. The van der Waals surface area contributed by atoms with Crippen LogP contribution in [0.15, 0.2) is 35.0 Å². The highest BCUT2D eigenvalue weighted by atomic mass is 19.1. The van der Waals surface area contributed by atoms with Crippen LogP contribution in [0.1, 0.15) is 87.2 Å². The molecule has 3 aliphatic rings. The number of rotatable bonds is 3. The van der Waals surface area contributed by atoms with E-state index in [1.165, 1.54) is 12.1 Å². The predicted molar refractivity (Wildman–Crippen MR) is 167 cm³/mol. The molecule has 2 fully saturated rings. The Morgan fingerprint density at radius 2 is 1.83 bits per heavy atom. The van der Waals surface area contributed by atoms with Crippen LogP contribution in [0.2, 0.25) is 0 Å². The van der Waals surface area contributed by atoms with E-state index >= 15 is 0 Å². The number of nitrogens with one attached hydrogen (secondary N) is 2. The van der Waals surface area contributed by atoms with Crippen LogP contribution in [0, 0.1) is 18.2 Å². The fourth-order valence-electron chi connectivity index (χ4n) is 6.85. The minimum Gasteiger partial charge on any atom is -0.358 e. The van der Waals surface area contributed by atoms with E-state index in [4.69, 9.17) is 4.52 Å². The third-order valence-electron chi connectivity index (χ3n) is 9.43. The fraction of sp³-hybridized carbons (Fsp3) is 0.545. The molecule has 0 bridgehead atoms. The van der Waals surface area contributed by atoms with E-state index in [2.05, 4.69) is 26.1 Å². The van der Waals surface area contributed by atoms with Gasteiger partial charge in [-0.15, -0.1) is 5.10 Å². The largest absolute Gasteiger partial charge is 0.358 e. The molecule has 0 unspecified atom stereocenters. The molecule has 2 aromatic heterocycles. The molecule has 4 amide bonds. The normalized spacial score (nSPS) is 22.1. The number of likely N-dealkylation sites (tertiary alicyclic amines) is 1. The first-order chi connectivity index (χ1) is 22.3. The lowest BCUT2D eigenvalue weighted by Crippen LogP contribution is -2.60. The summed E-state index contributed by atoms with van der Waals surface area (Å²) in [7, 11) is 0. The molecule has 3 aliphatic heterocycles. The van der Waals surface area contributed by atoms with Crippen molar-refractivity contribution in [3.8, 4) is 11.3 Å². The van der Waals surface area contributed by atoms with Gasteiger partial charge in [-0.3, -0.25) is 19.2 Å². The molecule has 13 nitrogen and oxygen atoms in total. The van der Waals surface area contributed by atoms with Gasteiger partial charge in [0.05, 0.1) is 36.4 Å². The van der Waals surface area contributed by atoms with Crippen LogP contribution < -0.4 is 10.6 Å². The molecular weight excluding hydrogens is 607 g/mol. The number of carbonyl (C=O) groups excluding carboxylic acids is 4. The molecule has 14 heteroatoms. The van der Waals surface area contributed by atoms with Crippen LogP contribution >= 0.6 is 0 Å². The van der Waals surface area contributed by atoms with Gasteiger partial charge in [0.25, 0.3) is 5.91 Å². The van der Waals surface area contributed by atoms with E-state index in [0.717, 1.165) is 0 Å². The Kier molecular flexibility index (Phi) is 8.62. The van der Waals surface area contributed by atoms with Crippen LogP contribution in [-0.4, -0.2) is 84.8 Å². The maximum absolute atomic E-state index is 14.1. The maximum Gasteiger partial charge on any atom is 0.257 e. The van der Waals surface area contributed by atoms with E-state index in [1.54, 1.807) is 39.7 Å². The number of hydrogen-bond donors (Lipinski definition) is 2. The zero-order valence-corrected chi connectivity index (χ0v) is 27.2. The van der Waals surface area contributed by atoms with Gasteiger partial charge in [0, 0.05) is 31.6 Å². The van der Waals surface area contributed by atoms with Crippen molar-refractivity contribution in [3.05, 3.63) is 53.3 Å². The average Bonchev–Trinajstić information content (AvgIpc) is 3.66. The summed E-state index contributed by atoms with van der Waals surface area (Å²) >= 11 is 0. The molecule has 2 atom stereocenters. The molecule has 0 saturated carbocycles. The van der Waals surface area contributed by atoms with Gasteiger partial charge in [-0.05, 0) is 62.3 Å². The van der Waals surface area contributed by atoms with Crippen LogP contribution in [0.5, 0.6) is 0 Å². The number of nitrogens with zero attached hydrogens (tertiary/aromatic N) is 6. The van der Waals surface area contributed by atoms with Crippen molar-refractivity contribution >= 4 is 23.6 Å². The number of amides is 4. The lowest BCUT2D eigenvalue weighted by molar-refractivity contribution is -0.145. The molecule has 1 aromatic carbocycles. The smallest absolute Gasteiger partial charge is 0.257 e. The van der Waals surface area contributed by atoms with Gasteiger partial charge < -0.3 is 25.0 Å². The van der Waals surface area contributed by atoms with E-state index in [1.807, 2.05) is 20.8 Å². The van der Waals surface area contributed by atoms with Gasteiger partial charge in [-0.1, -0.05) is 31.1 Å².